The van der Waals surface area contributed by atoms with Crippen LogP contribution in [0.25, 0.3) is 0 Å². The van der Waals surface area contributed by atoms with Crippen LogP contribution in [0.15, 0.2) is 17.0 Å². The molecule has 0 radical (unpaired) electrons. The second kappa shape index (κ2) is 2.85. The van der Waals surface area contributed by atoms with Crippen molar-refractivity contribution >= 4 is 11.8 Å². The standard InChI is InChI=1S/C5H7ClN2O/c1-8(6)3-5-2-7-4-9-5/h2,4H,3H2,1H3. The summed E-state index contributed by atoms with van der Waals surface area (Å²) in [6.45, 7) is 0.585. The summed E-state index contributed by atoms with van der Waals surface area (Å²) in [6.07, 6.45) is 3.02. The van der Waals surface area contributed by atoms with Gasteiger partial charge < -0.3 is 4.42 Å². The maximum Gasteiger partial charge on any atom is 0.180 e. The summed E-state index contributed by atoms with van der Waals surface area (Å²) in [5.41, 5.74) is 0. The van der Waals surface area contributed by atoms with E-state index in [1.807, 2.05) is 0 Å². The minimum atomic E-state index is 0.585. The Morgan fingerprint density at radius 3 is 3.11 bits per heavy atom. The SMILES string of the molecule is CN(Cl)Cc1cnco1. The van der Waals surface area contributed by atoms with Crippen molar-refractivity contribution < 1.29 is 4.42 Å². The van der Waals surface area contributed by atoms with Crippen molar-refractivity contribution in [3.63, 3.8) is 0 Å². The molecule has 9 heavy (non-hydrogen) atoms. The van der Waals surface area contributed by atoms with Gasteiger partial charge in [-0.2, -0.15) is 0 Å². The second-order valence-corrected chi connectivity index (χ2v) is 2.31. The molecule has 0 aromatic carbocycles. The van der Waals surface area contributed by atoms with Crippen LogP contribution in [0.2, 0.25) is 0 Å². The fraction of sp³-hybridized carbons (Fsp3) is 0.400. The summed E-state index contributed by atoms with van der Waals surface area (Å²) in [5.74, 6) is 0.771. The molecule has 1 rings (SSSR count). The van der Waals surface area contributed by atoms with Gasteiger partial charge in [0.05, 0.1) is 12.7 Å². The Bertz CT molecular complexity index is 161. The molecular weight excluding hydrogens is 140 g/mol. The molecule has 0 atom stereocenters. The van der Waals surface area contributed by atoms with Gasteiger partial charge >= 0.3 is 0 Å². The molecule has 0 aliphatic heterocycles. The molecule has 0 N–H and O–H groups in total. The Balaban J connectivity index is 2.48. The minimum absolute atomic E-state index is 0.585. The van der Waals surface area contributed by atoms with Crippen molar-refractivity contribution in [2.75, 3.05) is 7.05 Å². The van der Waals surface area contributed by atoms with Gasteiger partial charge in [0.2, 0.25) is 0 Å². The third-order valence-corrected chi connectivity index (χ3v) is 0.977. The average Bonchev–Trinajstić information content (AvgIpc) is 2.15. The van der Waals surface area contributed by atoms with Gasteiger partial charge in [-0.15, -0.1) is 0 Å². The van der Waals surface area contributed by atoms with Gasteiger partial charge in [0.1, 0.15) is 5.76 Å². The van der Waals surface area contributed by atoms with Crippen LogP contribution in [-0.2, 0) is 6.54 Å². The number of hydrogen-bond acceptors (Lipinski definition) is 3. The highest BCUT2D eigenvalue weighted by molar-refractivity contribution is 6.13. The minimum Gasteiger partial charge on any atom is -0.447 e. The summed E-state index contributed by atoms with van der Waals surface area (Å²) in [4.78, 5) is 3.72. The molecule has 0 saturated heterocycles. The summed E-state index contributed by atoms with van der Waals surface area (Å²) >= 11 is 5.51. The van der Waals surface area contributed by atoms with Crippen molar-refractivity contribution in [2.45, 2.75) is 6.54 Å². The van der Waals surface area contributed by atoms with E-state index in [9.17, 15) is 0 Å². The van der Waals surface area contributed by atoms with E-state index in [1.165, 1.54) is 10.8 Å². The molecule has 0 fully saturated rings. The summed E-state index contributed by atoms with van der Waals surface area (Å²) < 4.78 is 6.41. The molecule has 0 aliphatic carbocycles. The Hall–Kier alpha value is -0.540. The van der Waals surface area contributed by atoms with Gasteiger partial charge in [-0.25, -0.2) is 9.40 Å². The molecule has 0 spiro atoms. The third kappa shape index (κ3) is 2.03. The van der Waals surface area contributed by atoms with Gasteiger partial charge in [-0.05, 0) is 11.8 Å². The van der Waals surface area contributed by atoms with Crippen LogP contribution < -0.4 is 0 Å². The smallest absolute Gasteiger partial charge is 0.180 e. The molecule has 3 nitrogen and oxygen atoms in total. The molecule has 0 saturated carbocycles. The zero-order valence-corrected chi connectivity index (χ0v) is 5.80. The lowest BCUT2D eigenvalue weighted by Gasteiger charge is -2.00. The molecule has 50 valence electrons. The van der Waals surface area contributed by atoms with E-state index in [0.717, 1.165) is 5.76 Å². The molecule has 1 aromatic rings. The summed E-state index contributed by atoms with van der Waals surface area (Å²) in [7, 11) is 1.75. The highest BCUT2D eigenvalue weighted by atomic mass is 35.5. The lowest BCUT2D eigenvalue weighted by molar-refractivity contribution is 0.429. The molecular formula is C5H7ClN2O. The summed E-state index contributed by atoms with van der Waals surface area (Å²) in [5, 5.41) is 0. The van der Waals surface area contributed by atoms with Crippen molar-refractivity contribution in [2.24, 2.45) is 0 Å². The molecule has 4 heteroatoms. The molecule has 0 amide bonds. The maximum absolute atomic E-state index is 5.51. The fourth-order valence-corrected chi connectivity index (χ4v) is 0.653. The monoisotopic (exact) mass is 146 g/mol. The highest BCUT2D eigenvalue weighted by Gasteiger charge is 1.97. The van der Waals surface area contributed by atoms with Crippen molar-refractivity contribution in [3.05, 3.63) is 18.4 Å². The van der Waals surface area contributed by atoms with E-state index in [4.69, 9.17) is 16.2 Å². The number of halogens is 1. The Morgan fingerprint density at radius 2 is 2.67 bits per heavy atom. The zero-order chi connectivity index (χ0) is 6.69. The number of rotatable bonds is 2. The van der Waals surface area contributed by atoms with Gasteiger partial charge in [-0.1, -0.05) is 0 Å². The van der Waals surface area contributed by atoms with Crippen molar-refractivity contribution in [1.82, 2.24) is 9.40 Å². The van der Waals surface area contributed by atoms with Crippen LogP contribution in [0, 0.1) is 0 Å². The molecule has 1 heterocycles. The van der Waals surface area contributed by atoms with Crippen LogP contribution in [0.3, 0.4) is 0 Å². The second-order valence-electron chi connectivity index (χ2n) is 1.73. The maximum atomic E-state index is 5.51. The van der Waals surface area contributed by atoms with Gasteiger partial charge in [-0.3, -0.25) is 0 Å². The van der Waals surface area contributed by atoms with E-state index >= 15 is 0 Å². The first-order chi connectivity index (χ1) is 4.29. The number of aromatic nitrogens is 1. The highest BCUT2D eigenvalue weighted by Crippen LogP contribution is 2.01. The van der Waals surface area contributed by atoms with Crippen molar-refractivity contribution in [3.8, 4) is 0 Å². The van der Waals surface area contributed by atoms with Crippen molar-refractivity contribution in [1.29, 1.82) is 0 Å². The van der Waals surface area contributed by atoms with E-state index < -0.39 is 0 Å². The van der Waals surface area contributed by atoms with E-state index in [1.54, 1.807) is 13.2 Å². The normalized spacial score (nSPS) is 10.6. The number of nitrogens with zero attached hydrogens (tertiary/aromatic N) is 2. The van der Waals surface area contributed by atoms with Crippen LogP contribution in [0.5, 0.6) is 0 Å². The van der Waals surface area contributed by atoms with E-state index in [0.29, 0.717) is 6.54 Å². The molecule has 0 bridgehead atoms. The Kier molecular flexibility index (Phi) is 2.08. The van der Waals surface area contributed by atoms with Crippen LogP contribution >= 0.6 is 11.8 Å². The Labute approximate surface area is 58.4 Å². The molecule has 0 unspecified atom stereocenters. The first-order valence-electron chi connectivity index (χ1n) is 2.53. The lowest BCUT2D eigenvalue weighted by atomic mass is 10.5. The quantitative estimate of drug-likeness (QED) is 0.589. The van der Waals surface area contributed by atoms with Gasteiger partial charge in [0.15, 0.2) is 6.39 Å². The Morgan fingerprint density at radius 1 is 1.89 bits per heavy atom. The lowest BCUT2D eigenvalue weighted by Crippen LogP contribution is -2.02. The predicted molar refractivity (Wildman–Crippen MR) is 33.8 cm³/mol. The third-order valence-electron chi connectivity index (χ3n) is 0.857. The van der Waals surface area contributed by atoms with Crippen LogP contribution in [0.4, 0.5) is 0 Å². The van der Waals surface area contributed by atoms with E-state index in [-0.39, 0.29) is 0 Å². The van der Waals surface area contributed by atoms with Crippen LogP contribution in [-0.4, -0.2) is 16.5 Å². The number of oxazole rings is 1. The first-order valence-corrected chi connectivity index (χ1v) is 2.87. The predicted octanol–water partition coefficient (Wildman–Crippen LogP) is 1.26. The van der Waals surface area contributed by atoms with Gasteiger partial charge in [0.25, 0.3) is 0 Å². The first kappa shape index (κ1) is 6.58. The average molecular weight is 147 g/mol. The zero-order valence-electron chi connectivity index (χ0n) is 5.04. The topological polar surface area (TPSA) is 29.3 Å². The van der Waals surface area contributed by atoms with Gasteiger partial charge in [0, 0.05) is 7.05 Å². The summed E-state index contributed by atoms with van der Waals surface area (Å²) in [6, 6.07) is 0. The largest absolute Gasteiger partial charge is 0.447 e. The number of hydrogen-bond donors (Lipinski definition) is 0. The molecule has 1 aromatic heterocycles. The van der Waals surface area contributed by atoms with E-state index in [2.05, 4.69) is 4.98 Å². The fourth-order valence-electron chi connectivity index (χ4n) is 0.535. The van der Waals surface area contributed by atoms with Crippen LogP contribution in [0.1, 0.15) is 5.76 Å². The molecule has 0 aliphatic rings.